The first kappa shape index (κ1) is 17.2. The van der Waals surface area contributed by atoms with Gasteiger partial charge in [-0.25, -0.2) is 9.78 Å². The van der Waals surface area contributed by atoms with Crippen molar-refractivity contribution in [3.8, 4) is 0 Å². The molecule has 0 aliphatic carbocycles. The highest BCUT2D eigenvalue weighted by atomic mass is 31.2. The van der Waals surface area contributed by atoms with Crippen molar-refractivity contribution in [3.05, 3.63) is 110 Å². The fourth-order valence-electron chi connectivity index (χ4n) is 3.10. The van der Waals surface area contributed by atoms with Crippen LogP contribution < -0.4 is 15.9 Å². The zero-order valence-electron chi connectivity index (χ0n) is 14.6. The second-order valence-corrected chi connectivity index (χ2v) is 9.01. The Bertz CT molecular complexity index is 973. The van der Waals surface area contributed by atoms with Crippen LogP contribution in [0.4, 0.5) is 4.79 Å². The minimum atomic E-state index is -2.52. The van der Waals surface area contributed by atoms with E-state index < -0.39 is 7.05 Å². The van der Waals surface area contributed by atoms with Crippen LogP contribution in [0, 0.1) is 0 Å². The first-order valence-corrected chi connectivity index (χ1v) is 10.4. The molecule has 0 spiro atoms. The van der Waals surface area contributed by atoms with Crippen LogP contribution in [-0.4, -0.2) is 15.6 Å². The normalized spacial score (nSPS) is 11.1. The molecule has 3 aromatic carbocycles. The van der Waals surface area contributed by atoms with Crippen LogP contribution >= 0.6 is 7.05 Å². The number of carbonyl (C=O) groups is 1. The summed E-state index contributed by atoms with van der Waals surface area (Å²) in [6.07, 6.45) is 4.70. The molecule has 4 nitrogen and oxygen atoms in total. The number of rotatable bonds is 3. The van der Waals surface area contributed by atoms with Crippen LogP contribution in [0.3, 0.4) is 0 Å². The van der Waals surface area contributed by atoms with E-state index >= 15 is 0 Å². The van der Waals surface area contributed by atoms with Gasteiger partial charge in [-0.2, -0.15) is 4.74 Å². The summed E-state index contributed by atoms with van der Waals surface area (Å²) in [4.78, 5) is 17.0. The standard InChI is InChI=1S/C22H18N3OP/c26-22(25-17-16-23-18-25)24-27(19-10-4-1-5-11-19,20-12-6-2-7-13-20)21-14-8-3-9-15-21/h1-18H. The van der Waals surface area contributed by atoms with Crippen molar-refractivity contribution < 1.29 is 4.79 Å². The zero-order chi connectivity index (χ0) is 18.5. The molecule has 0 fully saturated rings. The van der Waals surface area contributed by atoms with Crippen molar-refractivity contribution in [1.82, 2.24) is 9.55 Å². The predicted molar refractivity (Wildman–Crippen MR) is 111 cm³/mol. The van der Waals surface area contributed by atoms with Gasteiger partial charge in [0.2, 0.25) is 0 Å². The highest BCUT2D eigenvalue weighted by Crippen LogP contribution is 2.46. The van der Waals surface area contributed by atoms with E-state index in [-0.39, 0.29) is 6.03 Å². The lowest BCUT2D eigenvalue weighted by Gasteiger charge is -2.26. The molecule has 1 heterocycles. The van der Waals surface area contributed by atoms with Crippen molar-refractivity contribution >= 4 is 29.0 Å². The summed E-state index contributed by atoms with van der Waals surface area (Å²) in [6, 6.07) is 29.9. The Morgan fingerprint density at radius 1 is 0.741 bits per heavy atom. The van der Waals surface area contributed by atoms with E-state index in [1.54, 1.807) is 12.4 Å². The van der Waals surface area contributed by atoms with Gasteiger partial charge in [0.05, 0.1) is 7.05 Å². The Balaban J connectivity index is 2.08. The molecule has 1 aromatic heterocycles. The topological polar surface area (TPSA) is 47.2 Å². The molecule has 0 saturated carbocycles. The van der Waals surface area contributed by atoms with E-state index in [2.05, 4.69) is 41.4 Å². The fraction of sp³-hybridized carbons (Fsp3) is 0. The van der Waals surface area contributed by atoms with Gasteiger partial charge in [0.15, 0.2) is 0 Å². The molecular weight excluding hydrogens is 353 g/mol. The molecule has 0 N–H and O–H groups in total. The molecule has 0 saturated heterocycles. The highest BCUT2D eigenvalue weighted by Gasteiger charge is 2.28. The van der Waals surface area contributed by atoms with E-state index in [4.69, 9.17) is 4.74 Å². The first-order valence-electron chi connectivity index (χ1n) is 8.62. The van der Waals surface area contributed by atoms with Crippen LogP contribution in [0.25, 0.3) is 0 Å². The van der Waals surface area contributed by atoms with E-state index in [1.807, 2.05) is 54.6 Å². The molecule has 132 valence electrons. The number of hydrogen-bond donors (Lipinski definition) is 0. The Labute approximate surface area is 158 Å². The minimum Gasteiger partial charge on any atom is -0.256 e. The predicted octanol–water partition coefficient (Wildman–Crippen LogP) is 4.03. The third kappa shape index (κ3) is 3.27. The second-order valence-electron chi connectivity index (χ2n) is 5.99. The van der Waals surface area contributed by atoms with E-state index in [9.17, 15) is 4.79 Å². The number of amides is 1. The molecule has 1 amide bonds. The van der Waals surface area contributed by atoms with Crippen LogP contribution in [0.5, 0.6) is 0 Å². The third-order valence-electron chi connectivity index (χ3n) is 4.35. The van der Waals surface area contributed by atoms with E-state index in [0.29, 0.717) is 0 Å². The molecule has 27 heavy (non-hydrogen) atoms. The van der Waals surface area contributed by atoms with Gasteiger partial charge in [0.1, 0.15) is 6.33 Å². The van der Waals surface area contributed by atoms with Gasteiger partial charge in [-0.3, -0.25) is 4.57 Å². The minimum absolute atomic E-state index is 0.322. The van der Waals surface area contributed by atoms with E-state index in [0.717, 1.165) is 15.9 Å². The van der Waals surface area contributed by atoms with E-state index in [1.165, 1.54) is 10.9 Å². The highest BCUT2D eigenvalue weighted by molar-refractivity contribution is 7.87. The van der Waals surface area contributed by atoms with Gasteiger partial charge in [-0.1, -0.05) is 91.0 Å². The third-order valence-corrected chi connectivity index (χ3v) is 7.96. The van der Waals surface area contributed by atoms with Crippen LogP contribution in [0.2, 0.25) is 0 Å². The van der Waals surface area contributed by atoms with Gasteiger partial charge in [0.25, 0.3) is 0 Å². The smallest absolute Gasteiger partial charge is 0.256 e. The fourth-order valence-corrected chi connectivity index (χ4v) is 6.52. The lowest BCUT2D eigenvalue weighted by Crippen LogP contribution is -2.26. The number of aromatic nitrogens is 2. The number of nitrogens with zero attached hydrogens (tertiary/aromatic N) is 3. The quantitative estimate of drug-likeness (QED) is 0.511. The molecule has 0 aliphatic rings. The van der Waals surface area contributed by atoms with Crippen molar-refractivity contribution in [2.75, 3.05) is 0 Å². The molecule has 0 aliphatic heterocycles. The first-order chi connectivity index (χ1) is 13.3. The number of carbonyl (C=O) groups excluding carboxylic acids is 1. The van der Waals surface area contributed by atoms with Gasteiger partial charge in [-0.05, 0) is 0 Å². The number of benzene rings is 3. The maximum absolute atomic E-state index is 13.0. The molecule has 4 rings (SSSR count). The Morgan fingerprint density at radius 3 is 1.56 bits per heavy atom. The molecule has 0 radical (unpaired) electrons. The summed E-state index contributed by atoms with van der Waals surface area (Å²) >= 11 is 0. The maximum Gasteiger partial charge on any atom is 0.352 e. The summed E-state index contributed by atoms with van der Waals surface area (Å²) < 4.78 is 6.28. The molecule has 4 aromatic rings. The molecular formula is C22H18N3OP. The average molecular weight is 371 g/mol. The Hall–Kier alpha value is -3.23. The summed E-state index contributed by atoms with van der Waals surface area (Å²) in [5.41, 5.74) is 0. The summed E-state index contributed by atoms with van der Waals surface area (Å²) in [6.45, 7) is 0. The monoisotopic (exact) mass is 371 g/mol. The number of hydrogen-bond acceptors (Lipinski definition) is 2. The molecule has 5 heteroatoms. The van der Waals surface area contributed by atoms with Crippen molar-refractivity contribution in [2.24, 2.45) is 4.74 Å². The lowest BCUT2D eigenvalue weighted by atomic mass is 10.4. The summed E-state index contributed by atoms with van der Waals surface area (Å²) in [5, 5.41) is 3.11. The SMILES string of the molecule is O=C(N=P(c1ccccc1)(c1ccccc1)c1ccccc1)n1ccnc1. The van der Waals surface area contributed by atoms with Gasteiger partial charge in [-0.15, -0.1) is 0 Å². The molecule has 0 atom stereocenters. The molecule has 0 bridgehead atoms. The van der Waals surface area contributed by atoms with Gasteiger partial charge in [0, 0.05) is 28.3 Å². The number of imidazole rings is 1. The van der Waals surface area contributed by atoms with Crippen molar-refractivity contribution in [2.45, 2.75) is 0 Å². The van der Waals surface area contributed by atoms with Crippen LogP contribution in [-0.2, 0) is 0 Å². The summed E-state index contributed by atoms with van der Waals surface area (Å²) in [5.74, 6) is 0. The van der Waals surface area contributed by atoms with Gasteiger partial charge >= 0.3 is 6.03 Å². The summed E-state index contributed by atoms with van der Waals surface area (Å²) in [7, 11) is -2.52. The van der Waals surface area contributed by atoms with Crippen LogP contribution in [0.15, 0.2) is 114 Å². The molecule has 0 unspecified atom stereocenters. The van der Waals surface area contributed by atoms with Gasteiger partial charge < -0.3 is 0 Å². The van der Waals surface area contributed by atoms with Crippen molar-refractivity contribution in [1.29, 1.82) is 0 Å². The average Bonchev–Trinajstić information content (AvgIpc) is 3.29. The Morgan fingerprint density at radius 2 is 1.19 bits per heavy atom. The Kier molecular flexibility index (Phi) is 4.82. The zero-order valence-corrected chi connectivity index (χ0v) is 15.5. The largest absolute Gasteiger partial charge is 0.352 e. The van der Waals surface area contributed by atoms with Crippen molar-refractivity contribution in [3.63, 3.8) is 0 Å². The second kappa shape index (κ2) is 7.56. The lowest BCUT2D eigenvalue weighted by molar-refractivity contribution is 0.251. The maximum atomic E-state index is 13.0. The van der Waals surface area contributed by atoms with Crippen LogP contribution in [0.1, 0.15) is 0 Å².